The van der Waals surface area contributed by atoms with E-state index in [-0.39, 0.29) is 12.5 Å². The molecule has 0 aliphatic heterocycles. The van der Waals surface area contributed by atoms with E-state index in [1.165, 1.54) is 11.7 Å². The van der Waals surface area contributed by atoms with Gasteiger partial charge in [0.05, 0.1) is 25.6 Å². The number of nitrogens with one attached hydrogen (secondary N) is 1. The van der Waals surface area contributed by atoms with Gasteiger partial charge >= 0.3 is 17.3 Å². The molecule has 0 radical (unpaired) electrons. The third kappa shape index (κ3) is 6.23. The summed E-state index contributed by atoms with van der Waals surface area (Å²) < 4.78 is 7.20. The first-order chi connectivity index (χ1) is 17.0. The predicted octanol–water partition coefficient (Wildman–Crippen LogP) is 4.73. The predicted molar refractivity (Wildman–Crippen MR) is 142 cm³/mol. The smallest absolute Gasteiger partial charge is 0.355 e. The highest BCUT2D eigenvalue weighted by atomic mass is 35.5. The SMILES string of the molecule is COC(=O)[C@H](C)C(C)n1c(=O)nc(Nc2ccc(CC(C)C)c(Cl)c2)n(Cc2ccc(C)cc2)c1=O. The molecule has 0 bridgehead atoms. The maximum absolute atomic E-state index is 13.6. The van der Waals surface area contributed by atoms with Gasteiger partial charge in [-0.15, -0.1) is 0 Å². The van der Waals surface area contributed by atoms with Crippen molar-refractivity contribution in [2.45, 2.75) is 53.6 Å². The number of halogens is 1. The highest BCUT2D eigenvalue weighted by molar-refractivity contribution is 6.31. The number of anilines is 2. The molecular weight excluding hydrogens is 480 g/mol. The van der Waals surface area contributed by atoms with Crippen LogP contribution in [0.25, 0.3) is 0 Å². The van der Waals surface area contributed by atoms with Crippen LogP contribution in [0.4, 0.5) is 11.6 Å². The van der Waals surface area contributed by atoms with E-state index in [1.807, 2.05) is 43.3 Å². The Bertz CT molecular complexity index is 1350. The van der Waals surface area contributed by atoms with E-state index in [1.54, 1.807) is 19.9 Å². The van der Waals surface area contributed by atoms with Crippen molar-refractivity contribution in [2.75, 3.05) is 12.4 Å². The summed E-state index contributed by atoms with van der Waals surface area (Å²) >= 11 is 6.49. The van der Waals surface area contributed by atoms with Crippen molar-refractivity contribution < 1.29 is 9.53 Å². The Kier molecular flexibility index (Phi) is 8.74. The highest BCUT2D eigenvalue weighted by Crippen LogP contribution is 2.25. The van der Waals surface area contributed by atoms with Gasteiger partial charge < -0.3 is 10.1 Å². The summed E-state index contributed by atoms with van der Waals surface area (Å²) in [5.41, 5.74) is 2.23. The first-order valence-electron chi connectivity index (χ1n) is 11.9. The lowest BCUT2D eigenvalue weighted by Gasteiger charge is -2.22. The third-order valence-electron chi connectivity index (χ3n) is 6.20. The number of nitrogens with zero attached hydrogens (tertiary/aromatic N) is 3. The number of ether oxygens (including phenoxy) is 1. The van der Waals surface area contributed by atoms with E-state index >= 15 is 0 Å². The van der Waals surface area contributed by atoms with Crippen LogP contribution in [0.5, 0.6) is 0 Å². The maximum atomic E-state index is 13.6. The normalized spacial score (nSPS) is 12.9. The van der Waals surface area contributed by atoms with Gasteiger partial charge in [0, 0.05) is 10.7 Å². The standard InChI is InChI=1S/C27H33ClN4O4/c1-16(2)13-21-11-12-22(14-23(21)28)29-25-30-26(34)32(19(5)18(4)24(33)36-6)27(35)31(25)15-20-9-7-17(3)8-10-20/h7-12,14,16,18-19H,13,15H2,1-6H3,(H,29,30,34)/t18-,19?/m1/s1. The largest absolute Gasteiger partial charge is 0.469 e. The van der Waals surface area contributed by atoms with Crippen LogP contribution in [0, 0.1) is 18.8 Å². The molecule has 0 aliphatic carbocycles. The van der Waals surface area contributed by atoms with Crippen LogP contribution >= 0.6 is 11.6 Å². The number of hydrogen-bond donors (Lipinski definition) is 1. The molecule has 0 aliphatic rings. The van der Waals surface area contributed by atoms with Gasteiger partial charge in [-0.1, -0.05) is 61.3 Å². The summed E-state index contributed by atoms with van der Waals surface area (Å²) in [7, 11) is 1.27. The average Bonchev–Trinajstić information content (AvgIpc) is 2.83. The van der Waals surface area contributed by atoms with Crippen molar-refractivity contribution in [3.8, 4) is 0 Å². The van der Waals surface area contributed by atoms with Crippen LogP contribution in [0.2, 0.25) is 5.02 Å². The Morgan fingerprint density at radius 2 is 1.75 bits per heavy atom. The van der Waals surface area contributed by atoms with E-state index in [2.05, 4.69) is 24.1 Å². The van der Waals surface area contributed by atoms with Crippen LogP contribution in [0.15, 0.2) is 52.1 Å². The van der Waals surface area contributed by atoms with Gasteiger partial charge in [0.15, 0.2) is 0 Å². The topological polar surface area (TPSA) is 95.2 Å². The van der Waals surface area contributed by atoms with Gasteiger partial charge in [-0.05, 0) is 56.4 Å². The van der Waals surface area contributed by atoms with Crippen LogP contribution in [-0.4, -0.2) is 27.2 Å². The number of methoxy groups -OCH3 is 1. The molecule has 8 nitrogen and oxygen atoms in total. The molecule has 0 saturated carbocycles. The second-order valence-corrected chi connectivity index (χ2v) is 9.93. The highest BCUT2D eigenvalue weighted by Gasteiger charge is 2.27. The summed E-state index contributed by atoms with van der Waals surface area (Å²) in [6.45, 7) is 9.63. The summed E-state index contributed by atoms with van der Waals surface area (Å²) in [6, 6.07) is 12.5. The quantitative estimate of drug-likeness (QED) is 0.416. The minimum atomic E-state index is -0.756. The molecule has 0 spiro atoms. The summed E-state index contributed by atoms with van der Waals surface area (Å²) in [5.74, 6) is -0.699. The molecule has 1 aromatic heterocycles. The van der Waals surface area contributed by atoms with E-state index < -0.39 is 29.3 Å². The molecule has 1 unspecified atom stereocenters. The number of rotatable bonds is 9. The zero-order valence-electron chi connectivity index (χ0n) is 21.5. The zero-order chi connectivity index (χ0) is 26.6. The Hall–Kier alpha value is -3.39. The number of aromatic nitrogens is 3. The molecule has 2 aromatic carbocycles. The molecule has 3 aromatic rings. The maximum Gasteiger partial charge on any atom is 0.355 e. The van der Waals surface area contributed by atoms with Crippen molar-refractivity contribution in [3.05, 3.63) is 85.1 Å². The zero-order valence-corrected chi connectivity index (χ0v) is 22.3. The Labute approximate surface area is 215 Å². The summed E-state index contributed by atoms with van der Waals surface area (Å²) in [6.07, 6.45) is 0.835. The minimum absolute atomic E-state index is 0.0902. The van der Waals surface area contributed by atoms with Crippen molar-refractivity contribution in [3.63, 3.8) is 0 Å². The van der Waals surface area contributed by atoms with Crippen LogP contribution in [0.3, 0.4) is 0 Å². The number of aryl methyl sites for hydroxylation is 1. The number of hydrogen-bond acceptors (Lipinski definition) is 6. The molecule has 2 atom stereocenters. The monoisotopic (exact) mass is 512 g/mol. The van der Waals surface area contributed by atoms with Gasteiger partial charge in [0.25, 0.3) is 0 Å². The molecule has 36 heavy (non-hydrogen) atoms. The lowest BCUT2D eigenvalue weighted by atomic mass is 10.0. The van der Waals surface area contributed by atoms with Crippen LogP contribution < -0.4 is 16.7 Å². The van der Waals surface area contributed by atoms with Crippen molar-refractivity contribution in [2.24, 2.45) is 11.8 Å². The van der Waals surface area contributed by atoms with E-state index in [9.17, 15) is 14.4 Å². The second-order valence-electron chi connectivity index (χ2n) is 9.52. The molecule has 0 amide bonds. The second kappa shape index (κ2) is 11.6. The molecule has 1 N–H and O–H groups in total. The molecule has 192 valence electrons. The summed E-state index contributed by atoms with van der Waals surface area (Å²) in [4.78, 5) is 43.0. The fourth-order valence-corrected chi connectivity index (χ4v) is 4.19. The molecular formula is C27H33ClN4O4. The van der Waals surface area contributed by atoms with E-state index in [4.69, 9.17) is 16.3 Å². The summed E-state index contributed by atoms with van der Waals surface area (Å²) in [5, 5.41) is 3.69. The number of esters is 1. The lowest BCUT2D eigenvalue weighted by Crippen LogP contribution is -2.46. The molecule has 0 saturated heterocycles. The Morgan fingerprint density at radius 1 is 1.08 bits per heavy atom. The number of benzene rings is 2. The van der Waals surface area contributed by atoms with Gasteiger partial charge in [0.1, 0.15) is 0 Å². The van der Waals surface area contributed by atoms with Gasteiger partial charge in [-0.3, -0.25) is 9.36 Å². The number of carbonyl (C=O) groups excluding carboxylic acids is 1. The fourth-order valence-electron chi connectivity index (χ4n) is 3.94. The lowest BCUT2D eigenvalue weighted by molar-refractivity contribution is -0.146. The molecule has 3 rings (SSSR count). The first kappa shape index (κ1) is 27.2. The van der Waals surface area contributed by atoms with Gasteiger partial charge in [-0.2, -0.15) is 4.98 Å². The van der Waals surface area contributed by atoms with E-state index in [0.717, 1.165) is 27.7 Å². The van der Waals surface area contributed by atoms with Crippen LogP contribution in [0.1, 0.15) is 50.4 Å². The average molecular weight is 513 g/mol. The van der Waals surface area contributed by atoms with Gasteiger partial charge in [-0.25, -0.2) is 14.2 Å². The van der Waals surface area contributed by atoms with E-state index in [0.29, 0.717) is 16.6 Å². The number of carbonyl (C=O) groups is 1. The Morgan fingerprint density at radius 3 is 2.33 bits per heavy atom. The van der Waals surface area contributed by atoms with Crippen molar-refractivity contribution in [1.29, 1.82) is 0 Å². The molecule has 1 heterocycles. The van der Waals surface area contributed by atoms with Gasteiger partial charge in [0.2, 0.25) is 5.95 Å². The van der Waals surface area contributed by atoms with Crippen molar-refractivity contribution >= 4 is 29.2 Å². The fraction of sp³-hybridized carbons (Fsp3) is 0.407. The first-order valence-corrected chi connectivity index (χ1v) is 12.3. The minimum Gasteiger partial charge on any atom is -0.469 e. The third-order valence-corrected chi connectivity index (χ3v) is 6.55. The van der Waals surface area contributed by atoms with Crippen molar-refractivity contribution in [1.82, 2.24) is 14.1 Å². The molecule has 0 fully saturated rings. The molecule has 9 heteroatoms. The Balaban J connectivity index is 2.09. The van der Waals surface area contributed by atoms with Crippen LogP contribution in [-0.2, 0) is 22.5 Å².